The first kappa shape index (κ1) is 53.6. The van der Waals surface area contributed by atoms with E-state index in [9.17, 15) is 159 Å². The van der Waals surface area contributed by atoms with Gasteiger partial charge >= 0.3 is 108 Å². The third-order valence-electron chi connectivity index (χ3n) is 6.16. The molecule has 0 heterocycles. The topological polar surface area (TPSA) is 52.6 Å². The summed E-state index contributed by atoms with van der Waals surface area (Å²) in [6.07, 6.45) is -36.9. The zero-order chi connectivity index (χ0) is 47.3. The maximum atomic E-state index is 13.7. The Morgan fingerprint density at radius 1 is 0.246 bits per heavy atom. The predicted octanol–water partition coefficient (Wildman–Crippen LogP) is 10.4. The van der Waals surface area contributed by atoms with Crippen LogP contribution in [0.3, 0.4) is 0 Å². The molecule has 38 heteroatoms. The summed E-state index contributed by atoms with van der Waals surface area (Å²) in [6.45, 7) is 0. The fraction of sp³-hybridized carbons (Fsp3) is 0.895. The van der Waals surface area contributed by atoms with Crippen LogP contribution in [0.1, 0.15) is 6.42 Å². The molecule has 0 saturated carbocycles. The van der Waals surface area contributed by atoms with Crippen LogP contribution in [-0.2, 0) is 19.1 Å². The van der Waals surface area contributed by atoms with Gasteiger partial charge in [0.2, 0.25) is 0 Å². The van der Waals surface area contributed by atoms with E-state index in [1.807, 2.05) is 0 Å². The van der Waals surface area contributed by atoms with Crippen molar-refractivity contribution in [3.8, 4) is 0 Å². The Morgan fingerprint density at radius 3 is 0.544 bits per heavy atom. The third kappa shape index (κ3) is 7.20. The molecule has 57 heavy (non-hydrogen) atoms. The van der Waals surface area contributed by atoms with E-state index in [1.165, 1.54) is 0 Å². The van der Waals surface area contributed by atoms with Crippen molar-refractivity contribution in [3.63, 3.8) is 0 Å². The van der Waals surface area contributed by atoms with Crippen LogP contribution in [0, 0.1) is 0 Å². The summed E-state index contributed by atoms with van der Waals surface area (Å²) in [4.78, 5) is 22.2. The first-order chi connectivity index (χ1) is 24.0. The van der Waals surface area contributed by atoms with Gasteiger partial charge in [-0.1, -0.05) is 0 Å². The second-order valence-corrected chi connectivity index (χ2v) is 10.0. The smallest absolute Gasteiger partial charge is 0.396 e. The summed E-state index contributed by atoms with van der Waals surface area (Å²) in [5.41, 5.74) is 0. The molecular formula is C19H2F34O4. The molecule has 0 aliphatic heterocycles. The fourth-order valence-electron chi connectivity index (χ4n) is 2.90. The highest BCUT2D eigenvalue weighted by atomic mass is 19.4. The van der Waals surface area contributed by atoms with E-state index in [4.69, 9.17) is 0 Å². The van der Waals surface area contributed by atoms with Crippen molar-refractivity contribution in [2.75, 3.05) is 0 Å². The number of hydrogen-bond donors (Lipinski definition) is 0. The van der Waals surface area contributed by atoms with Gasteiger partial charge in [0.15, 0.2) is 0 Å². The molecule has 0 saturated heterocycles. The minimum absolute atomic E-state index is 1.69. The van der Waals surface area contributed by atoms with Crippen molar-refractivity contribution in [1.29, 1.82) is 0 Å². The summed E-state index contributed by atoms with van der Waals surface area (Å²) in [6, 6.07) is 0. The van der Waals surface area contributed by atoms with Gasteiger partial charge < -0.3 is 9.47 Å². The van der Waals surface area contributed by atoms with Crippen LogP contribution in [0.2, 0.25) is 0 Å². The summed E-state index contributed by atoms with van der Waals surface area (Å²) in [7, 11) is 0. The number of alkyl halides is 34. The van der Waals surface area contributed by atoms with Gasteiger partial charge in [0, 0.05) is 0 Å². The van der Waals surface area contributed by atoms with E-state index in [-0.39, 0.29) is 0 Å². The standard InChI is InChI=1S/C19H2F34O4/c20-4(21,8(28,29)12(36,37)16(44,45)46)6(24,25)10(32,33)14(40,41)18(50,51)56-2(54)1-3(55)57-19(52,53)15(42,43)11(34,35)7(26,27)5(22,23)9(30,31)13(38,39)17(47,48)49/h1H2. The van der Waals surface area contributed by atoms with E-state index in [1.54, 1.807) is 9.47 Å². The van der Waals surface area contributed by atoms with Gasteiger partial charge in [0.05, 0.1) is 0 Å². The van der Waals surface area contributed by atoms with Crippen molar-refractivity contribution in [1.82, 2.24) is 0 Å². The van der Waals surface area contributed by atoms with Gasteiger partial charge in [-0.15, -0.1) is 0 Å². The highest BCUT2D eigenvalue weighted by Gasteiger charge is 2.97. The molecule has 4 nitrogen and oxygen atoms in total. The van der Waals surface area contributed by atoms with E-state index >= 15 is 0 Å². The quantitative estimate of drug-likeness (QED) is 0.0879. The van der Waals surface area contributed by atoms with Crippen molar-refractivity contribution in [2.45, 2.75) is 102 Å². The Bertz CT molecular complexity index is 1390. The average Bonchev–Trinajstić information content (AvgIpc) is 2.93. The van der Waals surface area contributed by atoms with Gasteiger partial charge in [0.25, 0.3) is 0 Å². The Kier molecular flexibility index (Phi) is 12.7. The molecule has 0 atom stereocenters. The van der Waals surface area contributed by atoms with Crippen LogP contribution in [0.15, 0.2) is 0 Å². The van der Waals surface area contributed by atoms with Crippen molar-refractivity contribution < 1.29 is 168 Å². The van der Waals surface area contributed by atoms with Gasteiger partial charge in [-0.05, 0) is 0 Å². The van der Waals surface area contributed by atoms with Crippen molar-refractivity contribution in [2.24, 2.45) is 0 Å². The number of halogens is 34. The molecule has 0 aromatic carbocycles. The normalized spacial score (nSPS) is 16.5. The average molecular weight is 940 g/mol. The molecule has 0 aromatic heterocycles. The molecule has 0 N–H and O–H groups in total. The van der Waals surface area contributed by atoms with E-state index in [0.29, 0.717) is 0 Å². The van der Waals surface area contributed by atoms with Crippen LogP contribution < -0.4 is 0 Å². The molecule has 0 aromatic rings. The third-order valence-corrected chi connectivity index (χ3v) is 6.16. The van der Waals surface area contributed by atoms with Crippen molar-refractivity contribution in [3.05, 3.63) is 0 Å². The molecule has 0 fully saturated rings. The summed E-state index contributed by atoms with van der Waals surface area (Å²) in [5.74, 6) is -118. The van der Waals surface area contributed by atoms with Crippen LogP contribution in [0.4, 0.5) is 149 Å². The van der Waals surface area contributed by atoms with Gasteiger partial charge in [-0.2, -0.15) is 149 Å². The Labute approximate surface area is 283 Å². The van der Waals surface area contributed by atoms with Crippen LogP contribution in [0.25, 0.3) is 0 Å². The van der Waals surface area contributed by atoms with Crippen LogP contribution in [0.5, 0.6) is 0 Å². The second-order valence-electron chi connectivity index (χ2n) is 10.0. The number of carbonyl (C=O) groups is 2. The molecule has 0 radical (unpaired) electrons. The first-order valence-electron chi connectivity index (χ1n) is 11.9. The molecule has 0 aliphatic rings. The number of rotatable bonds is 16. The number of ether oxygens (including phenoxy) is 2. The lowest BCUT2D eigenvalue weighted by molar-refractivity contribution is -0.474. The second kappa shape index (κ2) is 13.5. The zero-order valence-electron chi connectivity index (χ0n) is 24.2. The summed E-state index contributed by atoms with van der Waals surface area (Å²) >= 11 is 0. The van der Waals surface area contributed by atoms with Crippen LogP contribution in [-0.4, -0.2) is 108 Å². The minimum atomic E-state index is -9.36. The molecule has 340 valence electrons. The fourth-order valence-corrected chi connectivity index (χ4v) is 2.90. The molecule has 0 amide bonds. The van der Waals surface area contributed by atoms with Gasteiger partial charge in [-0.3, -0.25) is 9.59 Å². The number of hydrogen-bond acceptors (Lipinski definition) is 4. The molecule has 0 rings (SSSR count). The number of esters is 2. The predicted molar refractivity (Wildman–Crippen MR) is 98.2 cm³/mol. The Hall–Kier alpha value is -3.44. The lowest BCUT2D eigenvalue weighted by Crippen LogP contribution is -2.74. The molecule has 0 aliphatic carbocycles. The highest BCUT2D eigenvalue weighted by molar-refractivity contribution is 5.91. The summed E-state index contributed by atoms with van der Waals surface area (Å²) < 4.78 is 450. The largest absolute Gasteiger partial charge is 0.473 e. The van der Waals surface area contributed by atoms with E-state index < -0.39 is 114 Å². The SMILES string of the molecule is O=C(CC(=O)OC(F)(F)C(F)(F)C(F)(F)C(F)(F)C(F)(F)C(F)(F)C(F)(F)C(F)(F)F)OC(F)(F)C(F)(F)C(F)(F)C(F)(F)C(F)(F)C(F)(F)C(F)(F)C(F)(F)F. The summed E-state index contributed by atoms with van der Waals surface area (Å²) in [5, 5.41) is 0. The maximum absolute atomic E-state index is 13.7. The maximum Gasteiger partial charge on any atom is 0.473 e. The Balaban J connectivity index is 6.68. The van der Waals surface area contributed by atoms with Crippen LogP contribution >= 0.6 is 0 Å². The lowest BCUT2D eigenvalue weighted by atomic mass is 9.90. The number of carbonyl (C=O) groups excluding carboxylic acids is 2. The molecular weight excluding hydrogens is 938 g/mol. The Morgan fingerprint density at radius 2 is 0.386 bits per heavy atom. The highest BCUT2D eigenvalue weighted by Crippen LogP contribution is 2.66. The van der Waals surface area contributed by atoms with E-state index in [2.05, 4.69) is 0 Å². The van der Waals surface area contributed by atoms with Gasteiger partial charge in [0.1, 0.15) is 6.42 Å². The first-order valence-corrected chi connectivity index (χ1v) is 11.9. The van der Waals surface area contributed by atoms with E-state index in [0.717, 1.165) is 0 Å². The lowest BCUT2D eigenvalue weighted by Gasteiger charge is -2.42. The van der Waals surface area contributed by atoms with Gasteiger partial charge in [-0.25, -0.2) is 0 Å². The zero-order valence-corrected chi connectivity index (χ0v) is 24.2. The molecule has 0 spiro atoms. The molecule has 0 bridgehead atoms. The van der Waals surface area contributed by atoms with Crippen molar-refractivity contribution >= 4 is 11.9 Å². The molecule has 0 unspecified atom stereocenters. The monoisotopic (exact) mass is 940 g/mol. The minimum Gasteiger partial charge on any atom is -0.396 e.